The van der Waals surface area contributed by atoms with Crippen molar-refractivity contribution in [2.75, 3.05) is 43.5 Å². The Morgan fingerprint density at radius 3 is 2.80 bits per heavy atom. The minimum Gasteiger partial charge on any atom is -0.480 e. The molecule has 218 valence electrons. The summed E-state index contributed by atoms with van der Waals surface area (Å²) >= 11 is 0. The number of nitrogens with one attached hydrogen (secondary N) is 4. The van der Waals surface area contributed by atoms with Crippen LogP contribution < -0.4 is 16.0 Å². The quantitative estimate of drug-likeness (QED) is 0.127. The third-order valence-corrected chi connectivity index (χ3v) is 7.36. The summed E-state index contributed by atoms with van der Waals surface area (Å²) in [5.41, 5.74) is 5.74. The number of carboxylic acid groups (broad SMARTS) is 1. The number of unbranched alkanes of at least 4 members (excludes halogenated alkanes) is 1. The molecule has 0 bridgehead atoms. The molecule has 5 N–H and O–H groups in total. The van der Waals surface area contributed by atoms with E-state index in [1.807, 2.05) is 0 Å². The zero-order valence-electron chi connectivity index (χ0n) is 23.6. The first kappa shape index (κ1) is 31.0. The highest BCUT2D eigenvalue weighted by Crippen LogP contribution is 2.28. The van der Waals surface area contributed by atoms with Crippen LogP contribution in [0.5, 0.6) is 0 Å². The predicted molar refractivity (Wildman–Crippen MR) is 159 cm³/mol. The van der Waals surface area contributed by atoms with Gasteiger partial charge in [-0.05, 0) is 88.5 Å². The van der Waals surface area contributed by atoms with Gasteiger partial charge < -0.3 is 31.4 Å². The van der Waals surface area contributed by atoms with E-state index in [9.17, 15) is 14.3 Å². The molecule has 1 aliphatic heterocycles. The highest BCUT2D eigenvalue weighted by Gasteiger charge is 2.20. The summed E-state index contributed by atoms with van der Waals surface area (Å²) in [5, 5.41) is 26.3. The molecule has 0 radical (unpaired) electrons. The van der Waals surface area contributed by atoms with Crippen LogP contribution in [-0.4, -0.2) is 71.1 Å². The largest absolute Gasteiger partial charge is 0.480 e. The van der Waals surface area contributed by atoms with Crippen molar-refractivity contribution >= 4 is 23.8 Å². The average molecular weight is 554 g/mol. The molecular formula is C30H44FN7O2. The topological polar surface area (TPSA) is 126 Å². The van der Waals surface area contributed by atoms with Gasteiger partial charge in [0.15, 0.2) is 0 Å². The molecule has 40 heavy (non-hydrogen) atoms. The second-order valence-electron chi connectivity index (χ2n) is 10.3. The maximum absolute atomic E-state index is 13.0. The molecule has 0 saturated carbocycles. The third kappa shape index (κ3) is 10.6. The maximum atomic E-state index is 13.0. The zero-order chi connectivity index (χ0) is 28.6. The van der Waals surface area contributed by atoms with Crippen molar-refractivity contribution in [3.05, 3.63) is 59.2 Å². The van der Waals surface area contributed by atoms with E-state index in [0.717, 1.165) is 57.8 Å². The second kappa shape index (κ2) is 17.2. The van der Waals surface area contributed by atoms with E-state index in [1.165, 1.54) is 41.2 Å². The van der Waals surface area contributed by atoms with Gasteiger partial charge in [-0.2, -0.15) is 0 Å². The fourth-order valence-electron chi connectivity index (χ4n) is 5.04. The van der Waals surface area contributed by atoms with E-state index in [1.54, 1.807) is 12.3 Å². The summed E-state index contributed by atoms with van der Waals surface area (Å²) in [6.45, 7) is 4.90. The molecule has 0 spiro atoms. The smallest absolute Gasteiger partial charge is 0.326 e. The summed E-state index contributed by atoms with van der Waals surface area (Å²) in [6.07, 6.45) is 18.5. The van der Waals surface area contributed by atoms with Crippen molar-refractivity contribution in [2.45, 2.75) is 70.8 Å². The number of carbonyl (C=O) groups is 1. The van der Waals surface area contributed by atoms with Crippen LogP contribution in [-0.2, 0) is 4.79 Å². The van der Waals surface area contributed by atoms with Crippen LogP contribution in [0, 0.1) is 5.41 Å². The van der Waals surface area contributed by atoms with Gasteiger partial charge in [-0.1, -0.05) is 17.7 Å². The molecule has 9 nitrogen and oxygen atoms in total. The number of aliphatic carboxylic acids is 1. The molecule has 2 aliphatic rings. The van der Waals surface area contributed by atoms with Crippen LogP contribution in [0.3, 0.4) is 0 Å². The molecule has 0 fully saturated rings. The molecule has 1 atom stereocenters. The van der Waals surface area contributed by atoms with Crippen LogP contribution >= 0.6 is 0 Å². The van der Waals surface area contributed by atoms with E-state index in [-0.39, 0.29) is 6.67 Å². The number of alkyl halides is 1. The fraction of sp³-hybridized carbons (Fsp3) is 0.533. The zero-order valence-corrected chi connectivity index (χ0v) is 23.6. The van der Waals surface area contributed by atoms with Crippen LogP contribution in [0.25, 0.3) is 0 Å². The van der Waals surface area contributed by atoms with Crippen molar-refractivity contribution in [3.8, 4) is 0 Å². The first-order valence-corrected chi connectivity index (χ1v) is 14.3. The Morgan fingerprint density at radius 1 is 1.18 bits per heavy atom. The number of hydrogen-bond donors (Lipinski definition) is 5. The molecule has 1 aromatic heterocycles. The normalized spacial score (nSPS) is 19.0. The minimum absolute atomic E-state index is 0.362. The second-order valence-corrected chi connectivity index (χ2v) is 10.3. The molecule has 2 heterocycles. The Morgan fingerprint density at radius 2 is 2.00 bits per heavy atom. The highest BCUT2D eigenvalue weighted by atomic mass is 19.1. The lowest BCUT2D eigenvalue weighted by Gasteiger charge is -2.25. The average Bonchev–Trinajstić information content (AvgIpc) is 2.95. The van der Waals surface area contributed by atoms with Gasteiger partial charge in [0.25, 0.3) is 0 Å². The van der Waals surface area contributed by atoms with E-state index in [4.69, 9.17) is 5.41 Å². The standard InChI is InChI=1S/C30H44FN7O2/c1-23-9-12-26-25(8-4-16-33-26)11-10-24(23)7-2-3-18-38(19-5-14-31)20-13-27(30(39)40)37-29-21-28(35-22-36-29)34-17-6-15-32/h6,10-11,15,17,21-22,27,32-33H,2-5,7-9,12-14,16,18-20H2,1H3,(H,39,40)(H2,34,35,36,37)/b11-10-,17-6-,24-23+,32-15?. The van der Waals surface area contributed by atoms with E-state index in [0.29, 0.717) is 37.6 Å². The molecule has 1 unspecified atom stereocenters. The van der Waals surface area contributed by atoms with E-state index < -0.39 is 12.0 Å². The number of carboxylic acids is 1. The fourth-order valence-corrected chi connectivity index (χ4v) is 5.04. The number of aromatic nitrogens is 2. The van der Waals surface area contributed by atoms with Crippen molar-refractivity contribution < 1.29 is 14.3 Å². The lowest BCUT2D eigenvalue weighted by molar-refractivity contribution is -0.138. The van der Waals surface area contributed by atoms with Crippen molar-refractivity contribution in [1.82, 2.24) is 20.2 Å². The Bertz CT molecular complexity index is 1100. The molecular weight excluding hydrogens is 509 g/mol. The molecule has 10 heteroatoms. The molecule has 3 rings (SSSR count). The van der Waals surface area contributed by atoms with Gasteiger partial charge in [0.05, 0.1) is 6.67 Å². The maximum Gasteiger partial charge on any atom is 0.326 e. The van der Waals surface area contributed by atoms with Crippen molar-refractivity contribution in [3.63, 3.8) is 0 Å². The number of rotatable bonds is 17. The minimum atomic E-state index is -0.966. The lowest BCUT2D eigenvalue weighted by atomic mass is 9.91. The monoisotopic (exact) mass is 553 g/mol. The first-order chi connectivity index (χ1) is 19.5. The summed E-state index contributed by atoms with van der Waals surface area (Å²) in [6, 6.07) is 0.780. The van der Waals surface area contributed by atoms with E-state index in [2.05, 4.69) is 49.9 Å². The summed E-state index contributed by atoms with van der Waals surface area (Å²) in [4.78, 5) is 22.4. The Kier molecular flexibility index (Phi) is 13.3. The summed E-state index contributed by atoms with van der Waals surface area (Å²) in [7, 11) is 0. The summed E-state index contributed by atoms with van der Waals surface area (Å²) in [5.74, 6) is -0.0835. The highest BCUT2D eigenvalue weighted by molar-refractivity contribution is 5.77. The number of nitrogens with zero attached hydrogens (tertiary/aromatic N) is 3. The number of anilines is 2. The lowest BCUT2D eigenvalue weighted by Crippen LogP contribution is -2.36. The molecule has 0 aromatic carbocycles. The Labute approximate surface area is 237 Å². The van der Waals surface area contributed by atoms with Gasteiger partial charge in [0.2, 0.25) is 0 Å². The van der Waals surface area contributed by atoms with Crippen molar-refractivity contribution in [1.29, 1.82) is 5.41 Å². The molecule has 0 saturated heterocycles. The Balaban J connectivity index is 1.50. The van der Waals surface area contributed by atoms with E-state index >= 15 is 0 Å². The molecule has 1 aliphatic carbocycles. The van der Waals surface area contributed by atoms with Gasteiger partial charge in [-0.25, -0.2) is 14.8 Å². The van der Waals surface area contributed by atoms with Gasteiger partial charge in [0.1, 0.15) is 24.0 Å². The SMILES string of the molecule is C/C1=C(CCCCN(CCCF)CCC(Nc2cc(N/C=C\C=N)ncn2)C(=O)O)\C=C/C2=C(CC1)NCCC2. The van der Waals surface area contributed by atoms with Crippen LogP contribution in [0.4, 0.5) is 16.0 Å². The number of hydrogen-bond acceptors (Lipinski definition) is 8. The van der Waals surface area contributed by atoms with Gasteiger partial charge in [-0.15, -0.1) is 0 Å². The van der Waals surface area contributed by atoms with Crippen molar-refractivity contribution in [2.24, 2.45) is 0 Å². The summed E-state index contributed by atoms with van der Waals surface area (Å²) < 4.78 is 13.0. The van der Waals surface area contributed by atoms with Crippen LogP contribution in [0.15, 0.2) is 59.2 Å². The molecule has 0 amide bonds. The molecule has 1 aromatic rings. The van der Waals surface area contributed by atoms with Gasteiger partial charge in [0, 0.05) is 43.8 Å². The van der Waals surface area contributed by atoms with Gasteiger partial charge >= 0.3 is 5.97 Å². The predicted octanol–water partition coefficient (Wildman–Crippen LogP) is 5.44. The Hall–Kier alpha value is -3.53. The third-order valence-electron chi connectivity index (χ3n) is 7.36. The van der Waals surface area contributed by atoms with Crippen LogP contribution in [0.1, 0.15) is 64.7 Å². The number of halogens is 1. The first-order valence-electron chi connectivity index (χ1n) is 14.3. The van der Waals surface area contributed by atoms with Crippen LogP contribution in [0.2, 0.25) is 0 Å². The van der Waals surface area contributed by atoms with Gasteiger partial charge in [-0.3, -0.25) is 4.39 Å². The number of allylic oxidation sites excluding steroid dienone is 7.